The number of halogens is 1. The van der Waals surface area contributed by atoms with Crippen LogP contribution < -0.4 is 0 Å². The van der Waals surface area contributed by atoms with Gasteiger partial charge in [0.25, 0.3) is 0 Å². The number of furan rings is 1. The fourth-order valence-electron chi connectivity index (χ4n) is 1.82. The summed E-state index contributed by atoms with van der Waals surface area (Å²) in [6, 6.07) is 7.94. The summed E-state index contributed by atoms with van der Waals surface area (Å²) in [6.07, 6.45) is 4.47. The Kier molecular flexibility index (Phi) is 3.85. The van der Waals surface area contributed by atoms with E-state index in [1.54, 1.807) is 12.4 Å². The van der Waals surface area contributed by atoms with Crippen LogP contribution in [-0.2, 0) is 6.42 Å². The Labute approximate surface area is 107 Å². The van der Waals surface area contributed by atoms with Gasteiger partial charge in [0.15, 0.2) is 0 Å². The Morgan fingerprint density at radius 2 is 1.94 bits per heavy atom. The Hall–Kier alpha value is -1.28. The van der Waals surface area contributed by atoms with Gasteiger partial charge in [0.2, 0.25) is 0 Å². The summed E-state index contributed by atoms with van der Waals surface area (Å²) in [5, 5.41) is -0.141. The zero-order valence-corrected chi connectivity index (χ0v) is 10.8. The third-order valence-corrected chi connectivity index (χ3v) is 3.57. The number of hydrogen-bond donors (Lipinski definition) is 0. The summed E-state index contributed by atoms with van der Waals surface area (Å²) >= 11 is 6.45. The standard InChI is InChI=1S/C14H16ClNO/c1-3-12-4-5-13(17-12)14(15)10(2)11-6-8-16-9-7-11/h4-10,14H,3H2,1-2H3. The van der Waals surface area contributed by atoms with E-state index in [4.69, 9.17) is 16.0 Å². The van der Waals surface area contributed by atoms with Crippen molar-refractivity contribution in [3.8, 4) is 0 Å². The van der Waals surface area contributed by atoms with Gasteiger partial charge in [-0.3, -0.25) is 4.98 Å². The van der Waals surface area contributed by atoms with Gasteiger partial charge >= 0.3 is 0 Å². The summed E-state index contributed by atoms with van der Waals surface area (Å²) in [5.41, 5.74) is 1.18. The van der Waals surface area contributed by atoms with Crippen LogP contribution >= 0.6 is 11.6 Å². The topological polar surface area (TPSA) is 26.0 Å². The first-order valence-electron chi connectivity index (χ1n) is 5.85. The van der Waals surface area contributed by atoms with Crippen LogP contribution in [0.2, 0.25) is 0 Å². The first-order chi connectivity index (χ1) is 8.22. The lowest BCUT2D eigenvalue weighted by molar-refractivity contribution is 0.451. The summed E-state index contributed by atoms with van der Waals surface area (Å²) < 4.78 is 5.69. The van der Waals surface area contributed by atoms with Crippen molar-refractivity contribution in [2.45, 2.75) is 31.6 Å². The molecule has 0 aliphatic rings. The molecule has 2 aromatic heterocycles. The Morgan fingerprint density at radius 1 is 1.24 bits per heavy atom. The average molecular weight is 250 g/mol. The van der Waals surface area contributed by atoms with E-state index in [9.17, 15) is 0 Å². The van der Waals surface area contributed by atoms with Gasteiger partial charge in [-0.15, -0.1) is 11.6 Å². The van der Waals surface area contributed by atoms with Crippen molar-refractivity contribution in [2.24, 2.45) is 0 Å². The number of aromatic nitrogens is 1. The monoisotopic (exact) mass is 249 g/mol. The molecule has 2 rings (SSSR count). The molecule has 2 aromatic rings. The highest BCUT2D eigenvalue weighted by Crippen LogP contribution is 2.36. The molecular formula is C14H16ClNO. The molecule has 2 heterocycles. The van der Waals surface area contributed by atoms with Crippen molar-refractivity contribution >= 4 is 11.6 Å². The summed E-state index contributed by atoms with van der Waals surface area (Å²) in [5.74, 6) is 2.02. The van der Waals surface area contributed by atoms with E-state index in [1.807, 2.05) is 24.3 Å². The highest BCUT2D eigenvalue weighted by molar-refractivity contribution is 6.21. The molecule has 0 fully saturated rings. The molecule has 3 heteroatoms. The fourth-order valence-corrected chi connectivity index (χ4v) is 2.08. The van der Waals surface area contributed by atoms with Crippen molar-refractivity contribution in [2.75, 3.05) is 0 Å². The van der Waals surface area contributed by atoms with Crippen molar-refractivity contribution in [3.05, 3.63) is 53.7 Å². The maximum absolute atomic E-state index is 6.45. The van der Waals surface area contributed by atoms with Gasteiger partial charge in [-0.1, -0.05) is 13.8 Å². The minimum atomic E-state index is -0.141. The molecule has 0 amide bonds. The molecule has 0 aliphatic heterocycles. The molecule has 0 spiro atoms. The van der Waals surface area contributed by atoms with E-state index in [0.29, 0.717) is 0 Å². The van der Waals surface area contributed by atoms with Crippen LogP contribution in [0.15, 0.2) is 41.1 Å². The van der Waals surface area contributed by atoms with Gasteiger partial charge in [0.1, 0.15) is 11.5 Å². The minimum Gasteiger partial charge on any atom is -0.465 e. The maximum Gasteiger partial charge on any atom is 0.122 e. The Bertz CT molecular complexity index is 466. The predicted octanol–water partition coefficient (Wildman–Crippen LogP) is 4.32. The van der Waals surface area contributed by atoms with E-state index in [2.05, 4.69) is 18.8 Å². The fraction of sp³-hybridized carbons (Fsp3) is 0.357. The molecule has 90 valence electrons. The number of alkyl halides is 1. The third-order valence-electron chi connectivity index (χ3n) is 2.97. The van der Waals surface area contributed by atoms with Gasteiger partial charge in [-0.2, -0.15) is 0 Å². The second-order valence-corrected chi connectivity index (χ2v) is 4.60. The van der Waals surface area contributed by atoms with E-state index in [1.165, 1.54) is 5.56 Å². The first kappa shape index (κ1) is 12.2. The van der Waals surface area contributed by atoms with Crippen molar-refractivity contribution in [1.29, 1.82) is 0 Å². The minimum absolute atomic E-state index is 0.141. The van der Waals surface area contributed by atoms with E-state index in [0.717, 1.165) is 17.9 Å². The molecule has 0 aliphatic carbocycles. The highest BCUT2D eigenvalue weighted by atomic mass is 35.5. The zero-order chi connectivity index (χ0) is 12.3. The lowest BCUT2D eigenvalue weighted by atomic mass is 9.97. The molecule has 0 bridgehead atoms. The van der Waals surface area contributed by atoms with Gasteiger partial charge < -0.3 is 4.42 Å². The number of pyridine rings is 1. The Balaban J connectivity index is 2.17. The molecular weight excluding hydrogens is 234 g/mol. The third kappa shape index (κ3) is 2.70. The predicted molar refractivity (Wildman–Crippen MR) is 69.3 cm³/mol. The number of aryl methyl sites for hydroxylation is 1. The quantitative estimate of drug-likeness (QED) is 0.755. The highest BCUT2D eigenvalue weighted by Gasteiger charge is 2.21. The largest absolute Gasteiger partial charge is 0.465 e. The molecule has 2 unspecified atom stereocenters. The smallest absolute Gasteiger partial charge is 0.122 e. The number of rotatable bonds is 4. The lowest BCUT2D eigenvalue weighted by Gasteiger charge is -2.16. The summed E-state index contributed by atoms with van der Waals surface area (Å²) in [6.45, 7) is 4.17. The van der Waals surface area contributed by atoms with Gasteiger partial charge in [0, 0.05) is 24.7 Å². The first-order valence-corrected chi connectivity index (χ1v) is 6.28. The number of nitrogens with zero attached hydrogens (tertiary/aromatic N) is 1. The van der Waals surface area contributed by atoms with Crippen LogP contribution in [0.5, 0.6) is 0 Å². The van der Waals surface area contributed by atoms with Crippen molar-refractivity contribution in [3.63, 3.8) is 0 Å². The lowest BCUT2D eigenvalue weighted by Crippen LogP contribution is -2.01. The Morgan fingerprint density at radius 3 is 2.53 bits per heavy atom. The summed E-state index contributed by atoms with van der Waals surface area (Å²) in [4.78, 5) is 4.01. The molecule has 17 heavy (non-hydrogen) atoms. The number of hydrogen-bond acceptors (Lipinski definition) is 2. The normalized spacial score (nSPS) is 14.5. The molecule has 0 saturated heterocycles. The second-order valence-electron chi connectivity index (χ2n) is 4.13. The van der Waals surface area contributed by atoms with Crippen molar-refractivity contribution < 1.29 is 4.42 Å². The molecule has 2 nitrogen and oxygen atoms in total. The van der Waals surface area contributed by atoms with Crippen LogP contribution in [0.25, 0.3) is 0 Å². The van der Waals surface area contributed by atoms with Gasteiger partial charge in [-0.25, -0.2) is 0 Å². The van der Waals surface area contributed by atoms with Gasteiger partial charge in [0.05, 0.1) is 5.38 Å². The van der Waals surface area contributed by atoms with E-state index < -0.39 is 0 Å². The summed E-state index contributed by atoms with van der Waals surface area (Å²) in [7, 11) is 0. The van der Waals surface area contributed by atoms with Crippen LogP contribution in [0.1, 0.15) is 42.2 Å². The molecule has 0 aromatic carbocycles. The van der Waals surface area contributed by atoms with Crippen LogP contribution in [0.4, 0.5) is 0 Å². The molecule has 2 atom stereocenters. The molecule has 0 N–H and O–H groups in total. The van der Waals surface area contributed by atoms with Gasteiger partial charge in [-0.05, 0) is 29.8 Å². The molecule has 0 radical (unpaired) electrons. The van der Waals surface area contributed by atoms with E-state index in [-0.39, 0.29) is 11.3 Å². The SMILES string of the molecule is CCc1ccc(C(Cl)C(C)c2ccncc2)o1. The zero-order valence-electron chi connectivity index (χ0n) is 10.1. The van der Waals surface area contributed by atoms with Crippen LogP contribution in [0, 0.1) is 0 Å². The van der Waals surface area contributed by atoms with Crippen LogP contribution in [0.3, 0.4) is 0 Å². The van der Waals surface area contributed by atoms with Crippen LogP contribution in [-0.4, -0.2) is 4.98 Å². The second kappa shape index (κ2) is 5.37. The molecule has 0 saturated carbocycles. The van der Waals surface area contributed by atoms with Crippen molar-refractivity contribution in [1.82, 2.24) is 4.98 Å². The average Bonchev–Trinajstić information content (AvgIpc) is 2.87. The maximum atomic E-state index is 6.45. The van der Waals surface area contributed by atoms with E-state index >= 15 is 0 Å².